The Bertz CT molecular complexity index is 758. The van der Waals surface area contributed by atoms with Gasteiger partial charge in [0.05, 0.1) is 0 Å². The number of ketones is 1. The zero-order valence-electron chi connectivity index (χ0n) is 18.6. The number of fused-ring (bicyclic) bond motifs is 7. The molecular weight excluding hydrogens is 454 g/mol. The predicted octanol–water partition coefficient (Wildman–Crippen LogP) is 0.980. The van der Waals surface area contributed by atoms with Gasteiger partial charge in [0.2, 0.25) is 17.7 Å². The molecular formula is C21H31N3O6S2. The number of ether oxygens (including phenoxy) is 1. The maximum Gasteiger partial charge on any atom is 0.326 e. The highest BCUT2D eigenvalue weighted by molar-refractivity contribution is 8.76. The van der Waals surface area contributed by atoms with Gasteiger partial charge in [0, 0.05) is 30.3 Å². The summed E-state index contributed by atoms with van der Waals surface area (Å²) in [5, 5.41) is 7.80. The van der Waals surface area contributed by atoms with E-state index in [2.05, 4.69) is 16.0 Å². The molecule has 3 amide bonds. The molecule has 0 aromatic carbocycles. The van der Waals surface area contributed by atoms with E-state index < -0.39 is 41.9 Å². The molecule has 11 heteroatoms. The lowest BCUT2D eigenvalue weighted by Crippen LogP contribution is -2.55. The van der Waals surface area contributed by atoms with Gasteiger partial charge in [-0.1, -0.05) is 41.5 Å². The van der Waals surface area contributed by atoms with Crippen LogP contribution in [-0.4, -0.2) is 65.7 Å². The molecule has 2 heterocycles. The average Bonchev–Trinajstić information content (AvgIpc) is 2.72. The number of rotatable bonds is 1. The first-order valence-electron chi connectivity index (χ1n) is 10.7. The van der Waals surface area contributed by atoms with E-state index in [0.29, 0.717) is 12.2 Å². The molecule has 0 aliphatic carbocycles. The largest absolute Gasteiger partial charge is 0.456 e. The van der Waals surface area contributed by atoms with Crippen LogP contribution in [0.2, 0.25) is 0 Å². The molecule has 2 rings (SSSR count). The molecule has 0 spiro atoms. The summed E-state index contributed by atoms with van der Waals surface area (Å²) in [6, 6.07) is -1.77. The third-order valence-corrected chi connectivity index (χ3v) is 7.58. The summed E-state index contributed by atoms with van der Waals surface area (Å²) in [4.78, 5) is 63.1. The summed E-state index contributed by atoms with van der Waals surface area (Å²) < 4.78 is 5.40. The Labute approximate surface area is 196 Å². The molecule has 0 aromatic rings. The van der Waals surface area contributed by atoms with E-state index in [1.165, 1.54) is 17.7 Å². The minimum Gasteiger partial charge on any atom is -0.456 e. The monoisotopic (exact) mass is 485 g/mol. The first-order valence-corrected chi connectivity index (χ1v) is 13.2. The van der Waals surface area contributed by atoms with Crippen LogP contribution in [0.3, 0.4) is 0 Å². The van der Waals surface area contributed by atoms with Gasteiger partial charge in [-0.25, -0.2) is 0 Å². The van der Waals surface area contributed by atoms with Crippen molar-refractivity contribution in [3.63, 3.8) is 0 Å². The Balaban J connectivity index is 2.40. The number of hydrogen-bond donors (Lipinski definition) is 3. The summed E-state index contributed by atoms with van der Waals surface area (Å²) in [7, 11) is 3.00. The second-order valence-electron chi connectivity index (χ2n) is 8.16. The Morgan fingerprint density at radius 2 is 1.75 bits per heavy atom. The van der Waals surface area contributed by atoms with Gasteiger partial charge in [0.1, 0.15) is 30.5 Å². The zero-order chi connectivity index (χ0) is 23.7. The fourth-order valence-electron chi connectivity index (χ4n) is 3.24. The van der Waals surface area contributed by atoms with Crippen molar-refractivity contribution < 1.29 is 28.7 Å². The topological polar surface area (TPSA) is 131 Å². The fourth-order valence-corrected chi connectivity index (χ4v) is 5.39. The van der Waals surface area contributed by atoms with Gasteiger partial charge in [0.15, 0.2) is 0 Å². The highest BCUT2D eigenvalue weighted by Gasteiger charge is 2.31. The number of Topliss-reactive ketones (excluding diaryl/α,β-unsaturated/α-hetero) is 1. The number of carbonyl (C=O) groups is 5. The van der Waals surface area contributed by atoms with E-state index in [1.54, 1.807) is 16.9 Å². The van der Waals surface area contributed by atoms with Crippen LogP contribution in [0.25, 0.3) is 0 Å². The van der Waals surface area contributed by atoms with Crippen LogP contribution < -0.4 is 16.0 Å². The number of carbonyl (C=O) groups excluding carboxylic acids is 5. The van der Waals surface area contributed by atoms with Crippen molar-refractivity contribution in [1.82, 2.24) is 16.0 Å². The Morgan fingerprint density at radius 3 is 2.47 bits per heavy atom. The molecule has 4 atom stereocenters. The van der Waals surface area contributed by atoms with Gasteiger partial charge in [-0.15, -0.1) is 0 Å². The normalized spacial score (nSPS) is 30.6. The van der Waals surface area contributed by atoms with Gasteiger partial charge < -0.3 is 20.7 Å². The van der Waals surface area contributed by atoms with Gasteiger partial charge in [-0.05, 0) is 25.3 Å². The second kappa shape index (κ2) is 12.9. The summed E-state index contributed by atoms with van der Waals surface area (Å²) in [6.45, 7) is 4.80. The summed E-state index contributed by atoms with van der Waals surface area (Å²) in [5.41, 5.74) is 0. The van der Waals surface area contributed by atoms with E-state index in [9.17, 15) is 24.0 Å². The molecule has 32 heavy (non-hydrogen) atoms. The van der Waals surface area contributed by atoms with Crippen LogP contribution in [0.15, 0.2) is 12.2 Å². The molecule has 2 bridgehead atoms. The third-order valence-electron chi connectivity index (χ3n) is 5.13. The quantitative estimate of drug-likeness (QED) is 0.285. The Morgan fingerprint density at radius 1 is 1.00 bits per heavy atom. The molecule has 1 fully saturated rings. The number of allylic oxidation sites excluding steroid dienone is 1. The first kappa shape index (κ1) is 26.2. The molecule has 0 radical (unpaired) electrons. The van der Waals surface area contributed by atoms with E-state index in [1.807, 2.05) is 19.9 Å². The van der Waals surface area contributed by atoms with Crippen molar-refractivity contribution in [2.24, 2.45) is 11.8 Å². The van der Waals surface area contributed by atoms with Crippen LogP contribution in [0.4, 0.5) is 0 Å². The molecule has 3 N–H and O–H groups in total. The fraction of sp³-hybridized carbons (Fsp3) is 0.667. The Kier molecular flexibility index (Phi) is 10.6. The van der Waals surface area contributed by atoms with Crippen molar-refractivity contribution in [3.05, 3.63) is 12.2 Å². The van der Waals surface area contributed by atoms with Gasteiger partial charge in [-0.3, -0.25) is 24.0 Å². The zero-order valence-corrected chi connectivity index (χ0v) is 20.2. The summed E-state index contributed by atoms with van der Waals surface area (Å²) >= 11 is 0. The maximum atomic E-state index is 13.0. The maximum absolute atomic E-state index is 13.0. The second-order valence-corrected chi connectivity index (χ2v) is 10.8. The van der Waals surface area contributed by atoms with Crippen molar-refractivity contribution in [2.75, 3.05) is 18.1 Å². The molecule has 9 nitrogen and oxygen atoms in total. The van der Waals surface area contributed by atoms with Crippen LogP contribution in [-0.2, 0) is 28.7 Å². The number of nitrogens with one attached hydrogen (secondary N) is 3. The average molecular weight is 486 g/mol. The van der Waals surface area contributed by atoms with Crippen molar-refractivity contribution in [3.8, 4) is 0 Å². The minimum atomic E-state index is -0.908. The number of hydrogen-bond acceptors (Lipinski definition) is 8. The number of esters is 1. The lowest BCUT2D eigenvalue weighted by atomic mass is 9.88. The molecule has 0 saturated carbocycles. The van der Waals surface area contributed by atoms with Crippen molar-refractivity contribution >= 4 is 51.1 Å². The van der Waals surface area contributed by atoms with Gasteiger partial charge >= 0.3 is 5.97 Å². The molecule has 0 unspecified atom stereocenters. The van der Waals surface area contributed by atoms with Crippen LogP contribution in [0, 0.1) is 11.8 Å². The van der Waals surface area contributed by atoms with Crippen LogP contribution in [0.5, 0.6) is 0 Å². The molecule has 0 aromatic heterocycles. The van der Waals surface area contributed by atoms with Crippen molar-refractivity contribution in [2.45, 2.75) is 58.2 Å². The highest BCUT2D eigenvalue weighted by Crippen LogP contribution is 2.25. The molecule has 2 aliphatic heterocycles. The molecule has 1 saturated heterocycles. The first-order chi connectivity index (χ1) is 15.2. The lowest BCUT2D eigenvalue weighted by molar-refractivity contribution is -0.148. The standard InChI is InChI=1S/C21H31N3O6S2/c1-12(2)16-9-14(25)8-15-6-4-5-7-31-32-11-17(24-20(16)28)21(29)23-13(3)19(27)22-10-18(26)30-15/h4,6,12-13,15-17H,5,7-11H2,1-3H3,(H,22,27)(H,23,29)(H,24,28)/b6-4+/t13-,15+,16+,17+/m0/s1. The lowest BCUT2D eigenvalue weighted by Gasteiger charge is -2.25. The SMILES string of the molecule is CC(C)[C@H]1CC(=O)C[C@H]2/C=C/CCSSC[C@@H](NC1=O)C(=O)N[C@@H](C)C(=O)NCC(=O)O2. The van der Waals surface area contributed by atoms with Crippen LogP contribution in [0.1, 0.15) is 40.0 Å². The van der Waals surface area contributed by atoms with E-state index in [4.69, 9.17) is 4.74 Å². The summed E-state index contributed by atoms with van der Waals surface area (Å²) in [5.74, 6) is -2.06. The molecule has 178 valence electrons. The van der Waals surface area contributed by atoms with E-state index in [0.717, 1.165) is 5.75 Å². The minimum absolute atomic E-state index is 0.0191. The Hall–Kier alpha value is -2.01. The highest BCUT2D eigenvalue weighted by atomic mass is 33.1. The van der Waals surface area contributed by atoms with Crippen LogP contribution >= 0.6 is 21.6 Å². The number of amides is 3. The van der Waals surface area contributed by atoms with E-state index >= 15 is 0 Å². The van der Waals surface area contributed by atoms with Gasteiger partial charge in [-0.2, -0.15) is 0 Å². The summed E-state index contributed by atoms with van der Waals surface area (Å²) in [6.07, 6.45) is 3.37. The predicted molar refractivity (Wildman–Crippen MR) is 124 cm³/mol. The molecule has 2 aliphatic rings. The third kappa shape index (κ3) is 8.50. The van der Waals surface area contributed by atoms with Crippen molar-refractivity contribution in [1.29, 1.82) is 0 Å². The van der Waals surface area contributed by atoms with E-state index in [-0.39, 0.29) is 37.0 Å². The smallest absolute Gasteiger partial charge is 0.326 e. The van der Waals surface area contributed by atoms with Gasteiger partial charge in [0.25, 0.3) is 0 Å².